The second kappa shape index (κ2) is 10.6. The molecule has 1 aliphatic rings. The lowest BCUT2D eigenvalue weighted by Crippen LogP contribution is -2.34. The molecule has 1 atom stereocenters. The maximum Gasteiger partial charge on any atom is 0.128 e. The second-order valence-electron chi connectivity index (χ2n) is 8.27. The Morgan fingerprint density at radius 2 is 1.78 bits per heavy atom. The lowest BCUT2D eigenvalue weighted by Gasteiger charge is -2.36. The third kappa shape index (κ3) is 5.07. The Labute approximate surface area is 190 Å². The first kappa shape index (κ1) is 22.2. The van der Waals surface area contributed by atoms with E-state index in [2.05, 4.69) is 33.9 Å². The van der Waals surface area contributed by atoms with Gasteiger partial charge in [0.1, 0.15) is 17.3 Å². The lowest BCUT2D eigenvalue weighted by molar-refractivity contribution is 0.137. The molecule has 168 valence electrons. The van der Waals surface area contributed by atoms with Crippen molar-refractivity contribution < 1.29 is 9.47 Å². The van der Waals surface area contributed by atoms with Gasteiger partial charge in [0.05, 0.1) is 26.0 Å². The Balaban J connectivity index is 1.71. The predicted molar refractivity (Wildman–Crippen MR) is 126 cm³/mol. The van der Waals surface area contributed by atoms with E-state index in [0.29, 0.717) is 0 Å². The summed E-state index contributed by atoms with van der Waals surface area (Å²) in [6, 6.07) is 10.4. The van der Waals surface area contributed by atoms with Gasteiger partial charge < -0.3 is 9.47 Å². The first-order valence-corrected chi connectivity index (χ1v) is 11.4. The van der Waals surface area contributed by atoms with Gasteiger partial charge >= 0.3 is 0 Å². The molecule has 1 aliphatic heterocycles. The highest BCUT2D eigenvalue weighted by molar-refractivity contribution is 5.65. The molecule has 1 fully saturated rings. The summed E-state index contributed by atoms with van der Waals surface area (Å²) in [5.41, 5.74) is 4.53. The number of hydrogen-bond donors (Lipinski definition) is 0. The second-order valence-corrected chi connectivity index (χ2v) is 8.27. The van der Waals surface area contributed by atoms with Crippen LogP contribution in [0, 0.1) is 0 Å². The van der Waals surface area contributed by atoms with Gasteiger partial charge in [0, 0.05) is 43.2 Å². The average molecular weight is 433 g/mol. The fourth-order valence-electron chi connectivity index (χ4n) is 4.47. The van der Waals surface area contributed by atoms with Crippen LogP contribution < -0.4 is 9.47 Å². The maximum atomic E-state index is 5.49. The molecule has 0 amide bonds. The number of aromatic nitrogens is 3. The summed E-state index contributed by atoms with van der Waals surface area (Å²) in [6.07, 6.45) is 11.1. The minimum absolute atomic E-state index is 0.239. The standard InChI is InChI=1S/C26H32N4O2/c1-4-7-25-28-17-23(20-9-11-27-12-10-20)26(29-25)24-8-5-6-13-30(24)18-19-14-21(31-2)16-22(15-19)32-3/h9-12,14-17,24H,4-8,13,18H2,1-3H3. The third-order valence-corrected chi connectivity index (χ3v) is 6.06. The Kier molecular flexibility index (Phi) is 7.32. The Morgan fingerprint density at radius 1 is 1.03 bits per heavy atom. The van der Waals surface area contributed by atoms with Gasteiger partial charge in [-0.2, -0.15) is 0 Å². The van der Waals surface area contributed by atoms with E-state index in [1.807, 2.05) is 36.8 Å². The Hall–Kier alpha value is -2.99. The predicted octanol–water partition coefficient (Wildman–Crippen LogP) is 5.24. The van der Waals surface area contributed by atoms with Crippen LogP contribution in [0.4, 0.5) is 0 Å². The number of methoxy groups -OCH3 is 2. The molecule has 1 unspecified atom stereocenters. The topological polar surface area (TPSA) is 60.4 Å². The van der Waals surface area contributed by atoms with Crippen molar-refractivity contribution >= 4 is 0 Å². The number of hydrogen-bond acceptors (Lipinski definition) is 6. The quantitative estimate of drug-likeness (QED) is 0.485. The molecule has 0 spiro atoms. The van der Waals surface area contributed by atoms with E-state index in [1.54, 1.807) is 14.2 Å². The third-order valence-electron chi connectivity index (χ3n) is 6.06. The number of benzene rings is 1. The fraction of sp³-hybridized carbons (Fsp3) is 0.423. The molecule has 1 saturated heterocycles. The van der Waals surface area contributed by atoms with Crippen LogP contribution in [-0.2, 0) is 13.0 Å². The van der Waals surface area contributed by atoms with E-state index in [-0.39, 0.29) is 6.04 Å². The average Bonchev–Trinajstić information content (AvgIpc) is 2.85. The number of piperidine rings is 1. The highest BCUT2D eigenvalue weighted by Gasteiger charge is 2.28. The van der Waals surface area contributed by atoms with E-state index in [1.165, 1.54) is 18.4 Å². The molecule has 3 aromatic rings. The van der Waals surface area contributed by atoms with Gasteiger partial charge in [0.2, 0.25) is 0 Å². The molecule has 6 nitrogen and oxygen atoms in total. The highest BCUT2D eigenvalue weighted by atomic mass is 16.5. The summed E-state index contributed by atoms with van der Waals surface area (Å²) in [4.78, 5) is 16.5. The number of rotatable bonds is 8. The molecule has 3 heterocycles. The van der Waals surface area contributed by atoms with Crippen LogP contribution in [0.3, 0.4) is 0 Å². The van der Waals surface area contributed by atoms with Crippen LogP contribution in [0.15, 0.2) is 48.9 Å². The molecular weight excluding hydrogens is 400 g/mol. The molecule has 0 aliphatic carbocycles. The van der Waals surface area contributed by atoms with Crippen molar-refractivity contribution in [3.63, 3.8) is 0 Å². The van der Waals surface area contributed by atoms with E-state index < -0.39 is 0 Å². The monoisotopic (exact) mass is 432 g/mol. The van der Waals surface area contributed by atoms with Crippen molar-refractivity contribution in [2.45, 2.75) is 51.6 Å². The van der Waals surface area contributed by atoms with Gasteiger partial charge in [-0.3, -0.25) is 9.88 Å². The molecule has 0 saturated carbocycles. The van der Waals surface area contributed by atoms with Crippen molar-refractivity contribution in [3.8, 4) is 22.6 Å². The molecule has 4 rings (SSSR count). The summed E-state index contributed by atoms with van der Waals surface area (Å²) in [7, 11) is 3.39. The first-order chi connectivity index (χ1) is 15.7. The Morgan fingerprint density at radius 3 is 2.47 bits per heavy atom. The molecule has 2 aromatic heterocycles. The van der Waals surface area contributed by atoms with Crippen molar-refractivity contribution in [2.24, 2.45) is 0 Å². The number of aryl methyl sites for hydroxylation is 1. The van der Waals surface area contributed by atoms with Crippen LogP contribution in [0.5, 0.6) is 11.5 Å². The maximum absolute atomic E-state index is 5.49. The molecular formula is C26H32N4O2. The van der Waals surface area contributed by atoms with Crippen molar-refractivity contribution in [2.75, 3.05) is 20.8 Å². The van der Waals surface area contributed by atoms with Crippen LogP contribution in [-0.4, -0.2) is 40.6 Å². The zero-order valence-electron chi connectivity index (χ0n) is 19.3. The van der Waals surface area contributed by atoms with Crippen molar-refractivity contribution in [3.05, 3.63) is 66.0 Å². The van der Waals surface area contributed by atoms with Gasteiger partial charge in [-0.15, -0.1) is 0 Å². The number of pyridine rings is 1. The molecule has 6 heteroatoms. The summed E-state index contributed by atoms with van der Waals surface area (Å²) in [5.74, 6) is 2.56. The van der Waals surface area contributed by atoms with Crippen LogP contribution >= 0.6 is 0 Å². The van der Waals surface area contributed by atoms with Crippen LogP contribution in [0.25, 0.3) is 11.1 Å². The minimum Gasteiger partial charge on any atom is -0.497 e. The number of likely N-dealkylation sites (tertiary alicyclic amines) is 1. The zero-order chi connectivity index (χ0) is 22.3. The summed E-state index contributed by atoms with van der Waals surface area (Å²) in [6.45, 7) is 4.02. The van der Waals surface area contributed by atoms with Crippen LogP contribution in [0.2, 0.25) is 0 Å². The van der Waals surface area contributed by atoms with Crippen molar-refractivity contribution in [1.82, 2.24) is 19.9 Å². The SMILES string of the molecule is CCCc1ncc(-c2ccncc2)c(C2CCCCN2Cc2cc(OC)cc(OC)c2)n1. The fourth-order valence-corrected chi connectivity index (χ4v) is 4.47. The molecule has 32 heavy (non-hydrogen) atoms. The zero-order valence-corrected chi connectivity index (χ0v) is 19.3. The van der Waals surface area contributed by atoms with E-state index in [4.69, 9.17) is 14.5 Å². The summed E-state index contributed by atoms with van der Waals surface area (Å²) >= 11 is 0. The van der Waals surface area contributed by atoms with Gasteiger partial charge in [0.15, 0.2) is 0 Å². The number of nitrogens with zero attached hydrogens (tertiary/aromatic N) is 4. The molecule has 1 aromatic carbocycles. The normalized spacial score (nSPS) is 16.7. The van der Waals surface area contributed by atoms with E-state index in [9.17, 15) is 0 Å². The minimum atomic E-state index is 0.239. The lowest BCUT2D eigenvalue weighted by atomic mass is 9.93. The van der Waals surface area contributed by atoms with Gasteiger partial charge in [-0.05, 0) is 61.2 Å². The Bertz CT molecular complexity index is 1000. The first-order valence-electron chi connectivity index (χ1n) is 11.4. The van der Waals surface area contributed by atoms with E-state index in [0.717, 1.165) is 66.5 Å². The van der Waals surface area contributed by atoms with Gasteiger partial charge in [0.25, 0.3) is 0 Å². The van der Waals surface area contributed by atoms with Gasteiger partial charge in [-0.1, -0.05) is 13.3 Å². The van der Waals surface area contributed by atoms with E-state index >= 15 is 0 Å². The smallest absolute Gasteiger partial charge is 0.128 e. The largest absolute Gasteiger partial charge is 0.497 e. The van der Waals surface area contributed by atoms with Gasteiger partial charge in [-0.25, -0.2) is 9.97 Å². The van der Waals surface area contributed by atoms with Crippen molar-refractivity contribution in [1.29, 1.82) is 0 Å². The molecule has 0 N–H and O–H groups in total. The highest BCUT2D eigenvalue weighted by Crippen LogP contribution is 2.37. The summed E-state index contributed by atoms with van der Waals surface area (Å²) < 4.78 is 11.0. The molecule has 0 bridgehead atoms. The number of ether oxygens (including phenoxy) is 2. The molecule has 0 radical (unpaired) electrons. The summed E-state index contributed by atoms with van der Waals surface area (Å²) in [5, 5.41) is 0. The van der Waals surface area contributed by atoms with Crippen LogP contribution in [0.1, 0.15) is 55.7 Å².